The number of fused-ring (bicyclic) bond motifs is 3. The van der Waals surface area contributed by atoms with E-state index in [9.17, 15) is 4.79 Å². The fourth-order valence-electron chi connectivity index (χ4n) is 3.61. The molecule has 0 aliphatic carbocycles. The molecule has 0 bridgehead atoms. The van der Waals surface area contributed by atoms with Gasteiger partial charge in [0.2, 0.25) is 5.96 Å². The van der Waals surface area contributed by atoms with Crippen molar-refractivity contribution in [3.63, 3.8) is 0 Å². The average Bonchev–Trinajstić information content (AvgIpc) is 3.25. The number of para-hydroxylation sites is 1. The van der Waals surface area contributed by atoms with E-state index in [4.69, 9.17) is 0 Å². The topological polar surface area (TPSA) is 74.1 Å². The Morgan fingerprint density at radius 3 is 2.96 bits per heavy atom. The second kappa shape index (κ2) is 5.70. The number of carbonyl (C=O) groups excluding carboxylic acids is 1. The zero-order chi connectivity index (χ0) is 17.8. The Labute approximate surface area is 158 Å². The maximum Gasteiger partial charge on any atom is 0.261 e. The molecule has 0 atom stereocenters. The van der Waals surface area contributed by atoms with Gasteiger partial charge in [0.15, 0.2) is 0 Å². The number of benzene rings is 1. The van der Waals surface area contributed by atoms with Crippen molar-refractivity contribution in [3.05, 3.63) is 47.2 Å². The minimum atomic E-state index is -0.0653. The molecule has 0 radical (unpaired) electrons. The number of rotatable bonds is 2. The summed E-state index contributed by atoms with van der Waals surface area (Å²) < 4.78 is 0.779. The summed E-state index contributed by atoms with van der Waals surface area (Å²) in [5, 5.41) is 1.03. The first kappa shape index (κ1) is 15.6. The van der Waals surface area contributed by atoms with Gasteiger partial charge in [-0.3, -0.25) is 19.6 Å². The minimum Gasteiger partial charge on any atom is -0.294 e. The molecule has 3 aliphatic heterocycles. The number of aromatic nitrogens is 2. The highest BCUT2D eigenvalue weighted by Crippen LogP contribution is 2.34. The van der Waals surface area contributed by atoms with Gasteiger partial charge in [0.05, 0.1) is 28.8 Å². The van der Waals surface area contributed by atoms with Crippen LogP contribution in [-0.4, -0.2) is 49.3 Å². The first-order valence-electron chi connectivity index (χ1n) is 8.44. The summed E-state index contributed by atoms with van der Waals surface area (Å²) in [5.74, 6) is 1.93. The van der Waals surface area contributed by atoms with Crippen molar-refractivity contribution < 1.29 is 4.79 Å². The smallest absolute Gasteiger partial charge is 0.261 e. The van der Waals surface area contributed by atoms with Gasteiger partial charge in [0, 0.05) is 24.0 Å². The molecule has 2 aromatic rings. The first-order valence-corrected chi connectivity index (χ1v) is 9.23. The summed E-state index contributed by atoms with van der Waals surface area (Å²) in [6.45, 7) is 3.65. The lowest BCUT2D eigenvalue weighted by molar-refractivity contribution is -0.125. The number of nitrogens with zero attached hydrogens (tertiary/aromatic N) is 6. The van der Waals surface area contributed by atoms with Gasteiger partial charge in [-0.1, -0.05) is 18.2 Å². The number of carbonyl (C=O) groups is 1. The van der Waals surface area contributed by atoms with Gasteiger partial charge in [-0.2, -0.15) is 0 Å². The number of guanidine groups is 1. The maximum absolute atomic E-state index is 13.1. The van der Waals surface area contributed by atoms with Gasteiger partial charge in [-0.25, -0.2) is 15.0 Å². The van der Waals surface area contributed by atoms with E-state index in [0.29, 0.717) is 36.9 Å². The lowest BCUT2D eigenvalue weighted by Gasteiger charge is -2.33. The Bertz CT molecular complexity index is 1060. The summed E-state index contributed by atoms with van der Waals surface area (Å²) in [7, 11) is 0. The highest BCUT2D eigenvalue weighted by atomic mass is 79.9. The molecule has 130 valence electrons. The quantitative estimate of drug-likeness (QED) is 0.761. The molecule has 0 spiro atoms. The van der Waals surface area contributed by atoms with Gasteiger partial charge >= 0.3 is 0 Å². The van der Waals surface area contributed by atoms with Gasteiger partial charge < -0.3 is 0 Å². The Kier molecular flexibility index (Phi) is 3.43. The SMILES string of the molecule is Cc1nc(CN2C(=O)C3=C(N=C(Br)C3)N3CCN=C23)nc2ccccc12. The molecule has 0 saturated carbocycles. The Morgan fingerprint density at radius 1 is 1.23 bits per heavy atom. The fourth-order valence-corrected chi connectivity index (χ4v) is 4.06. The molecular formula is C18H15BrN6O. The molecule has 5 rings (SSSR count). The molecule has 0 unspecified atom stereocenters. The molecule has 1 aromatic heterocycles. The van der Waals surface area contributed by atoms with Crippen LogP contribution >= 0.6 is 15.9 Å². The molecule has 0 N–H and O–H groups in total. The van der Waals surface area contributed by atoms with Crippen LogP contribution in [0.4, 0.5) is 0 Å². The van der Waals surface area contributed by atoms with E-state index in [1.54, 1.807) is 4.90 Å². The Hall–Kier alpha value is -2.61. The van der Waals surface area contributed by atoms with Crippen LogP contribution < -0.4 is 0 Å². The van der Waals surface area contributed by atoms with Crippen LogP contribution in [0.15, 0.2) is 45.6 Å². The maximum atomic E-state index is 13.1. The van der Waals surface area contributed by atoms with Gasteiger partial charge in [0.1, 0.15) is 11.6 Å². The Balaban J connectivity index is 1.54. The van der Waals surface area contributed by atoms with Crippen molar-refractivity contribution in [3.8, 4) is 0 Å². The predicted molar refractivity (Wildman–Crippen MR) is 102 cm³/mol. The van der Waals surface area contributed by atoms with Crippen molar-refractivity contribution in [2.75, 3.05) is 13.1 Å². The standard InChI is InChI=1S/C18H15BrN6O/c1-10-11-4-2-3-5-13(11)22-15(21-10)9-25-17(26)12-8-14(19)23-16(12)24-7-6-20-18(24)25/h2-5H,6-9H2,1H3. The van der Waals surface area contributed by atoms with Crippen LogP contribution in [-0.2, 0) is 11.3 Å². The molecule has 0 saturated heterocycles. The summed E-state index contributed by atoms with van der Waals surface area (Å²) >= 11 is 3.42. The lowest BCUT2D eigenvalue weighted by atomic mass is 10.1. The molecule has 1 amide bonds. The molecule has 7 nitrogen and oxygen atoms in total. The molecular weight excluding hydrogens is 396 g/mol. The van der Waals surface area contributed by atoms with E-state index in [0.717, 1.165) is 33.6 Å². The third-order valence-corrected chi connectivity index (χ3v) is 5.24. The second-order valence-corrected chi connectivity index (χ2v) is 7.35. The Morgan fingerprint density at radius 2 is 2.08 bits per heavy atom. The molecule has 8 heteroatoms. The summed E-state index contributed by atoms with van der Waals surface area (Å²) in [5.41, 5.74) is 2.50. The van der Waals surface area contributed by atoms with Crippen molar-refractivity contribution >= 4 is 43.3 Å². The highest BCUT2D eigenvalue weighted by molar-refractivity contribution is 9.18. The van der Waals surface area contributed by atoms with Gasteiger partial charge in [-0.15, -0.1) is 0 Å². The monoisotopic (exact) mass is 410 g/mol. The number of hydrogen-bond acceptors (Lipinski definition) is 6. The average molecular weight is 411 g/mol. The number of hydrogen-bond donors (Lipinski definition) is 0. The van der Waals surface area contributed by atoms with Gasteiger partial charge in [0.25, 0.3) is 5.91 Å². The van der Waals surface area contributed by atoms with Crippen molar-refractivity contribution in [2.24, 2.45) is 9.98 Å². The van der Waals surface area contributed by atoms with E-state index in [1.807, 2.05) is 36.1 Å². The molecule has 1 aromatic carbocycles. The first-order chi connectivity index (χ1) is 12.6. The third-order valence-electron chi connectivity index (χ3n) is 4.78. The van der Waals surface area contributed by atoms with Crippen LogP contribution in [0.1, 0.15) is 17.9 Å². The van der Waals surface area contributed by atoms with Crippen molar-refractivity contribution in [1.82, 2.24) is 19.8 Å². The lowest BCUT2D eigenvalue weighted by Crippen LogP contribution is -2.49. The van der Waals surface area contributed by atoms with E-state index >= 15 is 0 Å². The zero-order valence-electron chi connectivity index (χ0n) is 14.1. The van der Waals surface area contributed by atoms with Crippen LogP contribution in [0.5, 0.6) is 0 Å². The number of aliphatic imine (C=N–C) groups is 2. The summed E-state index contributed by atoms with van der Waals surface area (Å²) in [4.78, 5) is 35.0. The predicted octanol–water partition coefficient (Wildman–Crippen LogP) is 2.36. The largest absolute Gasteiger partial charge is 0.294 e. The summed E-state index contributed by atoms with van der Waals surface area (Å²) in [6.07, 6.45) is 0.520. The number of aryl methyl sites for hydroxylation is 1. The zero-order valence-corrected chi connectivity index (χ0v) is 15.7. The second-order valence-electron chi connectivity index (χ2n) is 6.43. The van der Waals surface area contributed by atoms with E-state index in [2.05, 4.69) is 35.9 Å². The van der Waals surface area contributed by atoms with E-state index in [1.165, 1.54) is 0 Å². The van der Waals surface area contributed by atoms with Crippen molar-refractivity contribution in [2.45, 2.75) is 19.9 Å². The van der Waals surface area contributed by atoms with E-state index < -0.39 is 0 Å². The summed E-state index contributed by atoms with van der Waals surface area (Å²) in [6, 6.07) is 7.91. The fraction of sp³-hybridized carbons (Fsp3) is 0.278. The number of halogens is 1. The molecule has 4 heterocycles. The van der Waals surface area contributed by atoms with Crippen LogP contribution in [0.3, 0.4) is 0 Å². The van der Waals surface area contributed by atoms with Gasteiger partial charge in [-0.05, 0) is 28.9 Å². The van der Waals surface area contributed by atoms with E-state index in [-0.39, 0.29) is 5.91 Å². The molecule has 26 heavy (non-hydrogen) atoms. The van der Waals surface area contributed by atoms with Crippen LogP contribution in [0.25, 0.3) is 10.9 Å². The third kappa shape index (κ3) is 2.28. The highest BCUT2D eigenvalue weighted by Gasteiger charge is 2.41. The van der Waals surface area contributed by atoms with Crippen molar-refractivity contribution in [1.29, 1.82) is 0 Å². The molecule has 3 aliphatic rings. The molecule has 0 fully saturated rings. The minimum absolute atomic E-state index is 0.0653. The van der Waals surface area contributed by atoms with Crippen LogP contribution in [0.2, 0.25) is 0 Å². The number of amides is 1. The van der Waals surface area contributed by atoms with Crippen LogP contribution in [0, 0.1) is 6.92 Å². The normalized spacial score (nSPS) is 19.1.